The van der Waals surface area contributed by atoms with E-state index in [1.165, 1.54) is 12.0 Å². The Labute approximate surface area is 116 Å². The lowest BCUT2D eigenvalue weighted by atomic mass is 9.64. The van der Waals surface area contributed by atoms with Crippen molar-refractivity contribution < 1.29 is 9.47 Å². The van der Waals surface area contributed by atoms with Crippen LogP contribution < -0.4 is 15.2 Å². The van der Waals surface area contributed by atoms with Gasteiger partial charge >= 0.3 is 0 Å². The van der Waals surface area contributed by atoms with Gasteiger partial charge in [-0.05, 0) is 34.8 Å². The van der Waals surface area contributed by atoms with Gasteiger partial charge in [-0.3, -0.25) is 0 Å². The lowest BCUT2D eigenvalue weighted by Crippen LogP contribution is -2.41. The zero-order valence-corrected chi connectivity index (χ0v) is 12.0. The Hall–Kier alpha value is -0.740. The number of nitrogens with two attached hydrogens (primary N) is 1. The molecule has 1 aliphatic heterocycles. The van der Waals surface area contributed by atoms with Crippen LogP contribution >= 0.6 is 15.9 Å². The summed E-state index contributed by atoms with van der Waals surface area (Å²) in [5.41, 5.74) is 7.35. The van der Waals surface area contributed by atoms with Crippen molar-refractivity contribution in [2.75, 3.05) is 19.8 Å². The van der Waals surface area contributed by atoms with Crippen LogP contribution in [-0.2, 0) is 5.41 Å². The number of rotatable bonds is 2. The fourth-order valence-electron chi connectivity index (χ4n) is 2.83. The second kappa shape index (κ2) is 4.74. The molecular weight excluding hydrogens is 294 g/mol. The van der Waals surface area contributed by atoms with Crippen LogP contribution in [0, 0.1) is 0 Å². The molecule has 3 rings (SSSR count). The van der Waals surface area contributed by atoms with Crippen LogP contribution in [0.2, 0.25) is 0 Å². The smallest absolute Gasteiger partial charge is 0.175 e. The van der Waals surface area contributed by atoms with E-state index in [1.807, 2.05) is 0 Å². The molecule has 1 aliphatic carbocycles. The van der Waals surface area contributed by atoms with E-state index in [0.29, 0.717) is 13.2 Å². The first-order chi connectivity index (χ1) is 8.77. The Bertz CT molecular complexity index is 452. The van der Waals surface area contributed by atoms with Crippen LogP contribution in [-0.4, -0.2) is 19.8 Å². The quantitative estimate of drug-likeness (QED) is 0.913. The molecule has 0 amide bonds. The topological polar surface area (TPSA) is 44.5 Å². The molecule has 4 heteroatoms. The number of ether oxygens (including phenoxy) is 2. The zero-order valence-electron chi connectivity index (χ0n) is 10.4. The highest BCUT2D eigenvalue weighted by molar-refractivity contribution is 9.10. The van der Waals surface area contributed by atoms with E-state index in [9.17, 15) is 0 Å². The molecule has 0 unspecified atom stereocenters. The molecule has 0 spiro atoms. The van der Waals surface area contributed by atoms with Gasteiger partial charge in [0, 0.05) is 23.9 Å². The number of halogens is 1. The maximum Gasteiger partial charge on any atom is 0.175 e. The Balaban J connectivity index is 2.10. The van der Waals surface area contributed by atoms with Gasteiger partial charge in [-0.15, -0.1) is 0 Å². The summed E-state index contributed by atoms with van der Waals surface area (Å²) < 4.78 is 12.7. The summed E-state index contributed by atoms with van der Waals surface area (Å²) >= 11 is 3.54. The van der Waals surface area contributed by atoms with Crippen LogP contribution in [0.15, 0.2) is 16.6 Å². The molecule has 1 fully saturated rings. The third-order valence-corrected chi connectivity index (χ3v) is 4.74. The minimum absolute atomic E-state index is 0.110. The summed E-state index contributed by atoms with van der Waals surface area (Å²) in [6.45, 7) is 2.12. The molecule has 18 heavy (non-hydrogen) atoms. The SMILES string of the molecule is NCC1(c2ccc(Br)c3c2OCCCO3)CCC1. The van der Waals surface area contributed by atoms with Crippen molar-refractivity contribution in [3.63, 3.8) is 0 Å². The monoisotopic (exact) mass is 311 g/mol. The van der Waals surface area contributed by atoms with E-state index < -0.39 is 0 Å². The van der Waals surface area contributed by atoms with Gasteiger partial charge in [-0.2, -0.15) is 0 Å². The molecule has 0 atom stereocenters. The predicted octanol–water partition coefficient (Wildman–Crippen LogP) is 2.99. The van der Waals surface area contributed by atoms with Gasteiger partial charge in [0.2, 0.25) is 0 Å². The maximum atomic E-state index is 6.00. The number of hydrogen-bond donors (Lipinski definition) is 1. The fourth-order valence-corrected chi connectivity index (χ4v) is 3.26. The largest absolute Gasteiger partial charge is 0.489 e. The summed E-state index contributed by atoms with van der Waals surface area (Å²) in [5.74, 6) is 1.76. The number of benzene rings is 1. The molecule has 1 heterocycles. The standard InChI is InChI=1S/C14H18BrNO2/c15-11-4-3-10(14(9-16)5-1-6-14)12-13(11)18-8-2-7-17-12/h3-4H,1-2,5-9,16H2. The van der Waals surface area contributed by atoms with Gasteiger partial charge in [0.05, 0.1) is 17.7 Å². The van der Waals surface area contributed by atoms with Gasteiger partial charge < -0.3 is 15.2 Å². The van der Waals surface area contributed by atoms with E-state index >= 15 is 0 Å². The highest BCUT2D eigenvalue weighted by Crippen LogP contribution is 2.51. The summed E-state index contributed by atoms with van der Waals surface area (Å²) in [6, 6.07) is 4.20. The summed E-state index contributed by atoms with van der Waals surface area (Å²) in [7, 11) is 0. The van der Waals surface area contributed by atoms with Crippen molar-refractivity contribution in [3.8, 4) is 11.5 Å². The molecule has 0 saturated heterocycles. The lowest BCUT2D eigenvalue weighted by molar-refractivity contribution is 0.236. The van der Waals surface area contributed by atoms with E-state index in [4.69, 9.17) is 15.2 Å². The minimum Gasteiger partial charge on any atom is -0.489 e. The Morgan fingerprint density at radius 1 is 1.11 bits per heavy atom. The molecule has 3 nitrogen and oxygen atoms in total. The van der Waals surface area contributed by atoms with Gasteiger partial charge in [0.1, 0.15) is 0 Å². The summed E-state index contributed by atoms with van der Waals surface area (Å²) in [6.07, 6.45) is 4.49. The van der Waals surface area contributed by atoms with Gasteiger partial charge in [-0.1, -0.05) is 12.5 Å². The van der Waals surface area contributed by atoms with E-state index in [-0.39, 0.29) is 5.41 Å². The number of hydrogen-bond acceptors (Lipinski definition) is 3. The van der Waals surface area contributed by atoms with Crippen molar-refractivity contribution in [2.45, 2.75) is 31.1 Å². The third kappa shape index (κ3) is 1.82. The molecule has 2 aliphatic rings. The molecular formula is C14H18BrNO2. The van der Waals surface area contributed by atoms with Crippen molar-refractivity contribution in [1.29, 1.82) is 0 Å². The van der Waals surface area contributed by atoms with Crippen LogP contribution in [0.3, 0.4) is 0 Å². The molecule has 2 N–H and O–H groups in total. The van der Waals surface area contributed by atoms with Crippen molar-refractivity contribution in [1.82, 2.24) is 0 Å². The first kappa shape index (κ1) is 12.3. The van der Waals surface area contributed by atoms with Crippen molar-refractivity contribution in [3.05, 3.63) is 22.2 Å². The first-order valence-electron chi connectivity index (χ1n) is 6.55. The third-order valence-electron chi connectivity index (χ3n) is 4.12. The molecule has 0 radical (unpaired) electrons. The maximum absolute atomic E-state index is 6.00. The Kier molecular flexibility index (Phi) is 3.24. The van der Waals surface area contributed by atoms with Gasteiger partial charge in [0.25, 0.3) is 0 Å². The second-order valence-electron chi connectivity index (χ2n) is 5.14. The Morgan fingerprint density at radius 3 is 2.44 bits per heavy atom. The zero-order chi connectivity index (χ0) is 12.6. The van der Waals surface area contributed by atoms with E-state index in [0.717, 1.165) is 41.8 Å². The molecule has 1 aromatic rings. The summed E-state index contributed by atoms with van der Waals surface area (Å²) in [5, 5.41) is 0. The van der Waals surface area contributed by atoms with Crippen LogP contribution in [0.4, 0.5) is 0 Å². The fraction of sp³-hybridized carbons (Fsp3) is 0.571. The van der Waals surface area contributed by atoms with Gasteiger partial charge in [0.15, 0.2) is 11.5 Å². The second-order valence-corrected chi connectivity index (χ2v) is 6.00. The molecule has 98 valence electrons. The average molecular weight is 312 g/mol. The molecule has 0 bridgehead atoms. The average Bonchev–Trinajstić information content (AvgIpc) is 2.57. The molecule has 1 saturated carbocycles. The molecule has 0 aromatic heterocycles. The highest BCUT2D eigenvalue weighted by atomic mass is 79.9. The van der Waals surface area contributed by atoms with E-state index in [2.05, 4.69) is 28.1 Å². The van der Waals surface area contributed by atoms with Crippen LogP contribution in [0.5, 0.6) is 11.5 Å². The van der Waals surface area contributed by atoms with Crippen LogP contribution in [0.1, 0.15) is 31.2 Å². The van der Waals surface area contributed by atoms with Crippen LogP contribution in [0.25, 0.3) is 0 Å². The first-order valence-corrected chi connectivity index (χ1v) is 7.35. The van der Waals surface area contributed by atoms with Gasteiger partial charge in [-0.25, -0.2) is 0 Å². The normalized spacial score (nSPS) is 21.0. The molecule has 1 aromatic carbocycles. The van der Waals surface area contributed by atoms with Crippen molar-refractivity contribution >= 4 is 15.9 Å². The van der Waals surface area contributed by atoms with Crippen molar-refractivity contribution in [2.24, 2.45) is 5.73 Å². The minimum atomic E-state index is 0.110. The Morgan fingerprint density at radius 2 is 1.83 bits per heavy atom. The summed E-state index contributed by atoms with van der Waals surface area (Å²) in [4.78, 5) is 0. The lowest BCUT2D eigenvalue weighted by Gasteiger charge is -2.42. The van der Waals surface area contributed by atoms with E-state index in [1.54, 1.807) is 0 Å². The predicted molar refractivity (Wildman–Crippen MR) is 74.3 cm³/mol. The number of fused-ring (bicyclic) bond motifs is 1. The highest BCUT2D eigenvalue weighted by Gasteiger charge is 2.40.